The highest BCUT2D eigenvalue weighted by Gasteiger charge is 2.10. The number of anilines is 1. The van der Waals surface area contributed by atoms with Crippen molar-refractivity contribution in [3.63, 3.8) is 0 Å². The lowest BCUT2D eigenvalue weighted by Crippen LogP contribution is -2.13. The van der Waals surface area contributed by atoms with Crippen LogP contribution < -0.4 is 14.8 Å². The standard InChI is InChI=1S/C24H20N2O3/c1-2-28-21-13-11-20(12-14-21)26-24(27)19(17-25)15-18-7-6-10-23(16-18)29-22-8-4-3-5-9-22/h3-16H,2H2,1H3,(H,26,27)/b19-15+. The molecule has 29 heavy (non-hydrogen) atoms. The van der Waals surface area contributed by atoms with Crippen molar-refractivity contribution in [2.75, 3.05) is 11.9 Å². The molecule has 0 unspecified atom stereocenters. The molecular formula is C24H20N2O3. The molecule has 0 atom stereocenters. The molecule has 0 bridgehead atoms. The van der Waals surface area contributed by atoms with E-state index in [4.69, 9.17) is 9.47 Å². The van der Waals surface area contributed by atoms with Gasteiger partial charge in [0, 0.05) is 5.69 Å². The van der Waals surface area contributed by atoms with Gasteiger partial charge in [-0.3, -0.25) is 4.79 Å². The van der Waals surface area contributed by atoms with Gasteiger partial charge < -0.3 is 14.8 Å². The fourth-order valence-electron chi connectivity index (χ4n) is 2.61. The SMILES string of the molecule is CCOc1ccc(NC(=O)/C(C#N)=C/c2cccc(Oc3ccccc3)c2)cc1. The highest BCUT2D eigenvalue weighted by Crippen LogP contribution is 2.23. The zero-order chi connectivity index (χ0) is 20.5. The second-order valence-electron chi connectivity index (χ2n) is 6.07. The number of carbonyl (C=O) groups excluding carboxylic acids is 1. The summed E-state index contributed by atoms with van der Waals surface area (Å²) in [6.45, 7) is 2.47. The Balaban J connectivity index is 1.72. The average Bonchev–Trinajstić information content (AvgIpc) is 2.74. The van der Waals surface area contributed by atoms with Crippen molar-refractivity contribution in [1.29, 1.82) is 5.26 Å². The molecule has 0 radical (unpaired) electrons. The predicted molar refractivity (Wildman–Crippen MR) is 113 cm³/mol. The van der Waals surface area contributed by atoms with Crippen molar-refractivity contribution < 1.29 is 14.3 Å². The molecule has 5 heteroatoms. The first-order chi connectivity index (χ1) is 14.2. The number of amides is 1. The van der Waals surface area contributed by atoms with E-state index in [0.29, 0.717) is 29.4 Å². The molecule has 0 aliphatic rings. The Morgan fingerprint density at radius 1 is 0.966 bits per heavy atom. The third-order valence-electron chi connectivity index (χ3n) is 3.94. The molecule has 0 spiro atoms. The van der Waals surface area contributed by atoms with Gasteiger partial charge >= 0.3 is 0 Å². The number of carbonyl (C=O) groups is 1. The van der Waals surface area contributed by atoms with Gasteiger partial charge in [0.2, 0.25) is 0 Å². The Hall–Kier alpha value is -4.04. The number of rotatable bonds is 7. The maximum absolute atomic E-state index is 12.5. The van der Waals surface area contributed by atoms with Crippen LogP contribution in [0.3, 0.4) is 0 Å². The van der Waals surface area contributed by atoms with E-state index >= 15 is 0 Å². The minimum atomic E-state index is -0.481. The van der Waals surface area contributed by atoms with Gasteiger partial charge in [0.1, 0.15) is 28.9 Å². The van der Waals surface area contributed by atoms with Crippen molar-refractivity contribution in [1.82, 2.24) is 0 Å². The van der Waals surface area contributed by atoms with Crippen molar-refractivity contribution in [3.8, 4) is 23.3 Å². The molecule has 0 aromatic heterocycles. The Morgan fingerprint density at radius 3 is 2.38 bits per heavy atom. The zero-order valence-electron chi connectivity index (χ0n) is 16.0. The van der Waals surface area contributed by atoms with Crippen LogP contribution in [-0.2, 0) is 4.79 Å². The number of para-hydroxylation sites is 1. The molecule has 0 saturated heterocycles. The van der Waals surface area contributed by atoms with Gasteiger partial charge in [-0.1, -0.05) is 30.3 Å². The van der Waals surface area contributed by atoms with E-state index in [0.717, 1.165) is 5.75 Å². The zero-order valence-corrected chi connectivity index (χ0v) is 16.0. The van der Waals surface area contributed by atoms with E-state index < -0.39 is 5.91 Å². The number of nitrogens with zero attached hydrogens (tertiary/aromatic N) is 1. The summed E-state index contributed by atoms with van der Waals surface area (Å²) in [6.07, 6.45) is 1.53. The molecular weight excluding hydrogens is 364 g/mol. The minimum Gasteiger partial charge on any atom is -0.494 e. The van der Waals surface area contributed by atoms with E-state index in [-0.39, 0.29) is 5.57 Å². The Bertz CT molecular complexity index is 1040. The third kappa shape index (κ3) is 5.72. The lowest BCUT2D eigenvalue weighted by Gasteiger charge is -2.07. The molecule has 1 amide bonds. The summed E-state index contributed by atoms with van der Waals surface area (Å²) >= 11 is 0. The van der Waals surface area contributed by atoms with E-state index in [1.54, 1.807) is 36.4 Å². The lowest BCUT2D eigenvalue weighted by molar-refractivity contribution is -0.112. The first kappa shape index (κ1) is 19.7. The summed E-state index contributed by atoms with van der Waals surface area (Å²) in [5.74, 6) is 1.57. The largest absolute Gasteiger partial charge is 0.494 e. The van der Waals surface area contributed by atoms with Gasteiger partial charge in [0.05, 0.1) is 6.61 Å². The highest BCUT2D eigenvalue weighted by atomic mass is 16.5. The quantitative estimate of drug-likeness (QED) is 0.436. The first-order valence-electron chi connectivity index (χ1n) is 9.17. The number of ether oxygens (including phenoxy) is 2. The normalized spacial score (nSPS) is 10.7. The third-order valence-corrected chi connectivity index (χ3v) is 3.94. The lowest BCUT2D eigenvalue weighted by atomic mass is 10.1. The number of hydrogen-bond acceptors (Lipinski definition) is 4. The summed E-state index contributed by atoms with van der Waals surface area (Å²) in [5.41, 5.74) is 1.27. The molecule has 0 aliphatic heterocycles. The molecule has 3 aromatic carbocycles. The van der Waals surface area contributed by atoms with Crippen LogP contribution in [-0.4, -0.2) is 12.5 Å². The van der Waals surface area contributed by atoms with E-state index in [9.17, 15) is 10.1 Å². The summed E-state index contributed by atoms with van der Waals surface area (Å²) in [6, 6.07) is 25.5. The van der Waals surface area contributed by atoms with Gasteiger partial charge in [-0.25, -0.2) is 0 Å². The molecule has 3 aromatic rings. The maximum Gasteiger partial charge on any atom is 0.266 e. The average molecular weight is 384 g/mol. The van der Waals surface area contributed by atoms with Crippen molar-refractivity contribution in [2.45, 2.75) is 6.92 Å². The smallest absolute Gasteiger partial charge is 0.266 e. The van der Waals surface area contributed by atoms with Crippen LogP contribution in [0.1, 0.15) is 12.5 Å². The maximum atomic E-state index is 12.5. The first-order valence-corrected chi connectivity index (χ1v) is 9.17. The van der Waals surface area contributed by atoms with Crippen LogP contribution in [0.15, 0.2) is 84.4 Å². The van der Waals surface area contributed by atoms with Crippen LogP contribution >= 0.6 is 0 Å². The predicted octanol–water partition coefficient (Wildman–Crippen LogP) is 5.42. The second kappa shape index (κ2) is 9.77. The number of nitrogens with one attached hydrogen (secondary N) is 1. The topological polar surface area (TPSA) is 71.3 Å². The molecule has 5 nitrogen and oxygen atoms in total. The Morgan fingerprint density at radius 2 is 1.69 bits per heavy atom. The molecule has 0 saturated carbocycles. The number of nitriles is 1. The van der Waals surface area contributed by atoms with Crippen molar-refractivity contribution in [3.05, 3.63) is 90.0 Å². The molecule has 3 rings (SSSR count). The fourth-order valence-corrected chi connectivity index (χ4v) is 2.61. The fraction of sp³-hybridized carbons (Fsp3) is 0.0833. The summed E-state index contributed by atoms with van der Waals surface area (Å²) in [7, 11) is 0. The number of benzene rings is 3. The molecule has 0 heterocycles. The summed E-state index contributed by atoms with van der Waals surface area (Å²) in [4.78, 5) is 12.5. The van der Waals surface area contributed by atoms with Gasteiger partial charge in [-0.05, 0) is 67.1 Å². The van der Waals surface area contributed by atoms with Crippen LogP contribution in [0.25, 0.3) is 6.08 Å². The van der Waals surface area contributed by atoms with Gasteiger partial charge in [-0.15, -0.1) is 0 Å². The van der Waals surface area contributed by atoms with Crippen LogP contribution in [0.2, 0.25) is 0 Å². The van der Waals surface area contributed by atoms with E-state index in [1.807, 2.05) is 55.5 Å². The van der Waals surface area contributed by atoms with Gasteiger partial charge in [-0.2, -0.15) is 5.26 Å². The Kier molecular flexibility index (Phi) is 6.64. The van der Waals surface area contributed by atoms with E-state index in [1.165, 1.54) is 6.08 Å². The van der Waals surface area contributed by atoms with Gasteiger partial charge in [0.25, 0.3) is 5.91 Å². The highest BCUT2D eigenvalue weighted by molar-refractivity contribution is 6.09. The Labute approximate surface area is 169 Å². The van der Waals surface area contributed by atoms with Crippen LogP contribution in [0, 0.1) is 11.3 Å². The van der Waals surface area contributed by atoms with Crippen LogP contribution in [0.4, 0.5) is 5.69 Å². The van der Waals surface area contributed by atoms with Crippen LogP contribution in [0.5, 0.6) is 17.2 Å². The van der Waals surface area contributed by atoms with Crippen molar-refractivity contribution >= 4 is 17.7 Å². The monoisotopic (exact) mass is 384 g/mol. The second-order valence-corrected chi connectivity index (χ2v) is 6.07. The summed E-state index contributed by atoms with van der Waals surface area (Å²) < 4.78 is 11.2. The number of hydrogen-bond donors (Lipinski definition) is 1. The molecule has 0 aliphatic carbocycles. The van der Waals surface area contributed by atoms with Crippen molar-refractivity contribution in [2.24, 2.45) is 0 Å². The van der Waals surface area contributed by atoms with Gasteiger partial charge in [0.15, 0.2) is 0 Å². The minimum absolute atomic E-state index is 0.00394. The summed E-state index contributed by atoms with van der Waals surface area (Å²) in [5, 5.41) is 12.1. The molecule has 1 N–H and O–H groups in total. The molecule has 0 fully saturated rings. The molecule has 144 valence electrons. The van der Waals surface area contributed by atoms with E-state index in [2.05, 4.69) is 5.32 Å².